The molecule has 1 aliphatic rings. The highest BCUT2D eigenvalue weighted by molar-refractivity contribution is 7.13. The van der Waals surface area contributed by atoms with Crippen molar-refractivity contribution < 1.29 is 18.0 Å². The number of nitrogens with zero attached hydrogens (tertiary/aromatic N) is 3. The summed E-state index contributed by atoms with van der Waals surface area (Å²) >= 11 is 2.79. The summed E-state index contributed by atoms with van der Waals surface area (Å²) in [6.45, 7) is 4.21. The number of benzene rings is 1. The van der Waals surface area contributed by atoms with Crippen molar-refractivity contribution in [3.8, 4) is 10.6 Å². The molecule has 164 valence electrons. The second kappa shape index (κ2) is 9.05. The monoisotopic (exact) mass is 466 g/mol. The number of alkyl halides is 3. The Morgan fingerprint density at radius 2 is 1.90 bits per heavy atom. The molecule has 0 aliphatic carbocycles. The standard InChI is InChI=1S/C21H21F3N4OS2/c1-13-18(31-12-25-13)19(29)26-16-6-8-28(9-7-16)10-17-11-30-20(27-17)14-2-4-15(5-3-14)21(22,23)24/h2-5,11-12,16H,6-10H2,1H3,(H,26,29). The Bertz CT molecular complexity index is 1040. The third-order valence-corrected chi connectivity index (χ3v) is 7.14. The first-order chi connectivity index (χ1) is 14.8. The SMILES string of the molecule is Cc1ncsc1C(=O)NC1CCN(Cc2csc(-c3ccc(C(F)(F)F)cc3)n2)CC1. The molecule has 3 heterocycles. The molecule has 1 saturated heterocycles. The first kappa shape index (κ1) is 21.9. The number of likely N-dealkylation sites (tertiary alicyclic amines) is 1. The second-order valence-corrected chi connectivity index (χ2v) is 9.22. The molecule has 1 amide bonds. The lowest BCUT2D eigenvalue weighted by atomic mass is 10.0. The molecule has 1 aliphatic heterocycles. The van der Waals surface area contributed by atoms with Crippen LogP contribution >= 0.6 is 22.7 Å². The van der Waals surface area contributed by atoms with Crippen LogP contribution in [-0.2, 0) is 12.7 Å². The van der Waals surface area contributed by atoms with Crippen LogP contribution in [0.5, 0.6) is 0 Å². The van der Waals surface area contributed by atoms with E-state index in [2.05, 4.69) is 20.2 Å². The number of halogens is 3. The van der Waals surface area contributed by atoms with Crippen molar-refractivity contribution in [2.75, 3.05) is 13.1 Å². The maximum absolute atomic E-state index is 12.7. The maximum Gasteiger partial charge on any atom is 0.416 e. The average molecular weight is 467 g/mol. The number of piperidine rings is 1. The van der Waals surface area contributed by atoms with Crippen molar-refractivity contribution in [3.05, 3.63) is 57.0 Å². The van der Waals surface area contributed by atoms with Gasteiger partial charge >= 0.3 is 6.18 Å². The third-order valence-electron chi connectivity index (χ3n) is 5.27. The van der Waals surface area contributed by atoms with Crippen molar-refractivity contribution in [1.82, 2.24) is 20.2 Å². The molecule has 0 unspecified atom stereocenters. The summed E-state index contributed by atoms with van der Waals surface area (Å²) in [4.78, 5) is 24.0. The fraction of sp³-hybridized carbons (Fsp3) is 0.381. The highest BCUT2D eigenvalue weighted by Crippen LogP contribution is 2.32. The van der Waals surface area contributed by atoms with Crippen LogP contribution in [0.25, 0.3) is 10.6 Å². The van der Waals surface area contributed by atoms with E-state index in [0.29, 0.717) is 22.0 Å². The first-order valence-corrected chi connectivity index (χ1v) is 11.6. The Kier molecular flexibility index (Phi) is 6.40. The van der Waals surface area contributed by atoms with Gasteiger partial charge in [0, 0.05) is 36.6 Å². The number of thiazole rings is 2. The summed E-state index contributed by atoms with van der Waals surface area (Å²) in [5.74, 6) is -0.0564. The summed E-state index contributed by atoms with van der Waals surface area (Å²) in [5, 5.41) is 5.76. The minimum Gasteiger partial charge on any atom is -0.348 e. The van der Waals surface area contributed by atoms with E-state index in [1.54, 1.807) is 5.51 Å². The molecule has 0 spiro atoms. The van der Waals surface area contributed by atoms with Gasteiger partial charge in [-0.3, -0.25) is 9.69 Å². The summed E-state index contributed by atoms with van der Waals surface area (Å²) in [6.07, 6.45) is -2.61. The van der Waals surface area contributed by atoms with E-state index >= 15 is 0 Å². The number of hydrogen-bond acceptors (Lipinski definition) is 6. The molecule has 1 fully saturated rings. The van der Waals surface area contributed by atoms with E-state index in [4.69, 9.17) is 0 Å². The van der Waals surface area contributed by atoms with E-state index in [9.17, 15) is 18.0 Å². The summed E-state index contributed by atoms with van der Waals surface area (Å²) in [6, 6.07) is 5.24. The van der Waals surface area contributed by atoms with Gasteiger partial charge in [-0.05, 0) is 31.9 Å². The lowest BCUT2D eigenvalue weighted by Gasteiger charge is -2.31. The van der Waals surface area contributed by atoms with Gasteiger partial charge in [0.2, 0.25) is 0 Å². The van der Waals surface area contributed by atoms with Gasteiger partial charge in [0.15, 0.2) is 0 Å². The molecule has 3 aromatic rings. The molecule has 10 heteroatoms. The minimum absolute atomic E-state index is 0.0564. The zero-order chi connectivity index (χ0) is 22.0. The van der Waals surface area contributed by atoms with Gasteiger partial charge in [-0.15, -0.1) is 22.7 Å². The predicted molar refractivity (Wildman–Crippen MR) is 115 cm³/mol. The molecule has 4 rings (SSSR count). The number of carbonyl (C=O) groups excluding carboxylic acids is 1. The van der Waals surface area contributed by atoms with Crippen molar-refractivity contribution in [2.45, 2.75) is 38.5 Å². The van der Waals surface area contributed by atoms with Gasteiger partial charge in [0.25, 0.3) is 5.91 Å². The van der Waals surface area contributed by atoms with Crippen LogP contribution < -0.4 is 5.32 Å². The Labute approximate surface area is 186 Å². The summed E-state index contributed by atoms with van der Waals surface area (Å²) < 4.78 is 38.2. The Morgan fingerprint density at radius 3 is 2.52 bits per heavy atom. The zero-order valence-corrected chi connectivity index (χ0v) is 18.4. The van der Waals surface area contributed by atoms with Gasteiger partial charge in [-0.2, -0.15) is 13.2 Å². The van der Waals surface area contributed by atoms with E-state index in [1.807, 2.05) is 12.3 Å². The second-order valence-electron chi connectivity index (χ2n) is 7.51. The van der Waals surface area contributed by atoms with Gasteiger partial charge in [-0.25, -0.2) is 9.97 Å². The molecule has 1 aromatic carbocycles. The Hall–Kier alpha value is -2.30. The van der Waals surface area contributed by atoms with E-state index in [0.717, 1.165) is 49.5 Å². The number of rotatable bonds is 5. The molecular weight excluding hydrogens is 445 g/mol. The van der Waals surface area contributed by atoms with Crippen LogP contribution in [0.1, 0.15) is 39.5 Å². The van der Waals surface area contributed by atoms with Crippen molar-refractivity contribution in [1.29, 1.82) is 0 Å². The maximum atomic E-state index is 12.7. The summed E-state index contributed by atoms with van der Waals surface area (Å²) in [7, 11) is 0. The van der Waals surface area contributed by atoms with Crippen molar-refractivity contribution in [2.24, 2.45) is 0 Å². The number of aromatic nitrogens is 2. The molecule has 0 atom stereocenters. The highest BCUT2D eigenvalue weighted by Gasteiger charge is 2.30. The Balaban J connectivity index is 1.29. The fourth-order valence-electron chi connectivity index (χ4n) is 3.55. The smallest absolute Gasteiger partial charge is 0.348 e. The van der Waals surface area contributed by atoms with Crippen LogP contribution in [0.3, 0.4) is 0 Å². The van der Waals surface area contributed by atoms with Gasteiger partial charge < -0.3 is 5.32 Å². The minimum atomic E-state index is -4.34. The van der Waals surface area contributed by atoms with Gasteiger partial charge in [0.05, 0.1) is 22.5 Å². The topological polar surface area (TPSA) is 58.1 Å². The highest BCUT2D eigenvalue weighted by atomic mass is 32.1. The van der Waals surface area contributed by atoms with Gasteiger partial charge in [0.1, 0.15) is 9.88 Å². The fourth-order valence-corrected chi connectivity index (χ4v) is 5.07. The first-order valence-electron chi connectivity index (χ1n) is 9.85. The van der Waals surface area contributed by atoms with Crippen LogP contribution in [0.15, 0.2) is 35.2 Å². The lowest BCUT2D eigenvalue weighted by molar-refractivity contribution is -0.137. The van der Waals surface area contributed by atoms with E-state index < -0.39 is 11.7 Å². The molecular formula is C21H21F3N4OS2. The molecule has 0 saturated carbocycles. The number of carbonyl (C=O) groups is 1. The normalized spacial score (nSPS) is 15.9. The molecule has 31 heavy (non-hydrogen) atoms. The van der Waals surface area contributed by atoms with Crippen molar-refractivity contribution in [3.63, 3.8) is 0 Å². The van der Waals surface area contributed by atoms with Crippen LogP contribution in [0.4, 0.5) is 13.2 Å². The van der Waals surface area contributed by atoms with E-state index in [-0.39, 0.29) is 11.9 Å². The average Bonchev–Trinajstić information content (AvgIpc) is 3.38. The zero-order valence-electron chi connectivity index (χ0n) is 16.8. The predicted octanol–water partition coefficient (Wildman–Crippen LogP) is 4.99. The van der Waals surface area contributed by atoms with E-state index in [1.165, 1.54) is 34.8 Å². The van der Waals surface area contributed by atoms with Crippen LogP contribution in [-0.4, -0.2) is 39.9 Å². The number of aryl methyl sites for hydroxylation is 1. The Morgan fingerprint density at radius 1 is 1.19 bits per heavy atom. The largest absolute Gasteiger partial charge is 0.416 e. The lowest BCUT2D eigenvalue weighted by Crippen LogP contribution is -2.44. The molecule has 1 N–H and O–H groups in total. The van der Waals surface area contributed by atoms with Crippen LogP contribution in [0, 0.1) is 6.92 Å². The molecule has 5 nitrogen and oxygen atoms in total. The number of nitrogens with one attached hydrogen (secondary N) is 1. The third kappa shape index (κ3) is 5.31. The van der Waals surface area contributed by atoms with Gasteiger partial charge in [-0.1, -0.05) is 12.1 Å². The molecule has 0 radical (unpaired) electrons. The number of amides is 1. The van der Waals surface area contributed by atoms with Crippen LogP contribution in [0.2, 0.25) is 0 Å². The molecule has 2 aromatic heterocycles. The number of hydrogen-bond donors (Lipinski definition) is 1. The quantitative estimate of drug-likeness (QED) is 0.576. The summed E-state index contributed by atoms with van der Waals surface area (Å²) in [5.41, 5.74) is 3.37. The molecule has 0 bridgehead atoms. The van der Waals surface area contributed by atoms with Crippen molar-refractivity contribution >= 4 is 28.6 Å².